The first-order valence-electron chi connectivity index (χ1n) is 15.0. The molecule has 1 aliphatic heterocycles. The molecule has 5 heteroatoms. The van der Waals surface area contributed by atoms with E-state index in [1.807, 2.05) is 24.3 Å². The molecule has 1 heterocycles. The third kappa shape index (κ3) is 6.66. The van der Waals surface area contributed by atoms with Crippen LogP contribution in [0.4, 0.5) is 5.69 Å². The molecule has 0 aromatic heterocycles. The van der Waals surface area contributed by atoms with E-state index in [0.717, 1.165) is 44.8 Å². The molecule has 0 unspecified atom stereocenters. The number of rotatable bonds is 3. The van der Waals surface area contributed by atoms with Gasteiger partial charge in [-0.2, -0.15) is 0 Å². The Bertz CT molecular complexity index is 1420. The average molecular weight is 572 g/mol. The number of benzene rings is 2. The van der Waals surface area contributed by atoms with Crippen LogP contribution in [0.25, 0.3) is 0 Å². The van der Waals surface area contributed by atoms with Crippen LogP contribution in [0.5, 0.6) is 17.2 Å². The summed E-state index contributed by atoms with van der Waals surface area (Å²) >= 11 is 0. The van der Waals surface area contributed by atoms with Gasteiger partial charge in [0.05, 0.1) is 11.4 Å². The van der Waals surface area contributed by atoms with Gasteiger partial charge in [0.25, 0.3) is 0 Å². The number of aromatic hydroxyl groups is 1. The van der Waals surface area contributed by atoms with Crippen LogP contribution in [0.2, 0.25) is 0 Å². The Labute approximate surface area is 252 Å². The minimum atomic E-state index is -0.322. The van der Waals surface area contributed by atoms with Crippen molar-refractivity contribution < 1.29 is 19.4 Å². The lowest BCUT2D eigenvalue weighted by Gasteiger charge is -2.31. The van der Waals surface area contributed by atoms with Crippen molar-refractivity contribution in [3.63, 3.8) is 0 Å². The van der Waals surface area contributed by atoms with E-state index in [4.69, 9.17) is 14.5 Å². The number of fused-ring (bicyclic) bond motifs is 1. The van der Waals surface area contributed by atoms with E-state index in [-0.39, 0.29) is 27.4 Å². The topological polar surface area (TPSA) is 68.1 Å². The fourth-order valence-corrected chi connectivity index (χ4v) is 5.46. The van der Waals surface area contributed by atoms with Crippen LogP contribution in [0.1, 0.15) is 105 Å². The second kappa shape index (κ2) is 10.7. The summed E-state index contributed by atoms with van der Waals surface area (Å²) in [4.78, 5) is 18.7. The monoisotopic (exact) mass is 571 g/mol. The van der Waals surface area contributed by atoms with Crippen LogP contribution in [-0.4, -0.2) is 29.8 Å². The van der Waals surface area contributed by atoms with Crippen molar-refractivity contribution >= 4 is 17.2 Å². The molecule has 2 aromatic carbocycles. The summed E-state index contributed by atoms with van der Waals surface area (Å²) in [6.45, 7) is 26.2. The van der Waals surface area contributed by atoms with E-state index in [1.54, 1.807) is 0 Å². The van der Waals surface area contributed by atoms with Crippen molar-refractivity contribution in [1.29, 1.82) is 0 Å². The molecule has 0 amide bonds. The van der Waals surface area contributed by atoms with Crippen LogP contribution in [-0.2, 0) is 22.0 Å². The first-order valence-corrected chi connectivity index (χ1v) is 15.0. The molecular weight excluding hydrogens is 522 g/mol. The normalized spacial score (nSPS) is 16.3. The van der Waals surface area contributed by atoms with E-state index in [2.05, 4.69) is 95.2 Å². The molecule has 0 fully saturated rings. The first-order chi connectivity index (χ1) is 19.2. The molecule has 0 bridgehead atoms. The van der Waals surface area contributed by atoms with Gasteiger partial charge in [-0.15, -0.1) is 0 Å². The Morgan fingerprint density at radius 1 is 0.690 bits per heavy atom. The molecule has 0 atom stereocenters. The Morgan fingerprint density at radius 3 is 1.57 bits per heavy atom. The standard InChI is InChI=1S/C37H49NO4/c1-34(2,3)25-16-22(17-26(32(25)39)35(4,5)6)15-23-18-30-31(42-14-13-41-30)21-29(23)38-24-19-27(36(7,8)9)33(40)28(20-24)37(10,11)12/h16-21,39H,13-15H2,1-12H3. The highest BCUT2D eigenvalue weighted by Gasteiger charge is 2.34. The van der Waals surface area contributed by atoms with E-state index in [0.29, 0.717) is 36.9 Å². The highest BCUT2D eigenvalue weighted by Crippen LogP contribution is 2.43. The van der Waals surface area contributed by atoms with Gasteiger partial charge in [-0.05, 0) is 68.6 Å². The zero-order valence-corrected chi connectivity index (χ0v) is 27.7. The predicted molar refractivity (Wildman–Crippen MR) is 173 cm³/mol. The van der Waals surface area contributed by atoms with Crippen molar-refractivity contribution in [2.75, 3.05) is 13.2 Å². The second-order valence-corrected chi connectivity index (χ2v) is 15.8. The number of Topliss-reactive ketones (excluding diaryl/α,β-unsaturated/α-hetero) is 1. The van der Waals surface area contributed by atoms with Gasteiger partial charge in [0.1, 0.15) is 19.0 Å². The summed E-state index contributed by atoms with van der Waals surface area (Å²) in [6, 6.07) is 8.23. The molecule has 0 saturated heterocycles. The average Bonchev–Trinajstić information content (AvgIpc) is 2.83. The van der Waals surface area contributed by atoms with Crippen LogP contribution >= 0.6 is 0 Å². The smallest absolute Gasteiger partial charge is 0.186 e. The number of carbonyl (C=O) groups excluding carboxylic acids is 1. The zero-order valence-electron chi connectivity index (χ0n) is 27.7. The minimum absolute atomic E-state index is 0.0878. The fourth-order valence-electron chi connectivity index (χ4n) is 5.46. The first kappa shape index (κ1) is 31.6. The van der Waals surface area contributed by atoms with Crippen molar-refractivity contribution in [2.45, 2.75) is 100 Å². The highest BCUT2D eigenvalue weighted by atomic mass is 16.6. The zero-order chi connectivity index (χ0) is 31.4. The lowest BCUT2D eigenvalue weighted by molar-refractivity contribution is -0.114. The van der Waals surface area contributed by atoms with E-state index >= 15 is 0 Å². The molecule has 4 rings (SSSR count). The molecule has 5 nitrogen and oxygen atoms in total. The van der Waals surface area contributed by atoms with Crippen LogP contribution < -0.4 is 9.47 Å². The molecule has 0 spiro atoms. The Kier molecular flexibility index (Phi) is 8.08. The number of allylic oxidation sites excluding steroid dienone is 4. The number of hydrogen-bond acceptors (Lipinski definition) is 5. The molecule has 0 saturated carbocycles. The third-order valence-corrected chi connectivity index (χ3v) is 7.86. The van der Waals surface area contributed by atoms with E-state index < -0.39 is 0 Å². The van der Waals surface area contributed by atoms with Crippen molar-refractivity contribution in [2.24, 2.45) is 15.8 Å². The number of hydrogen-bond donors (Lipinski definition) is 1. The van der Waals surface area contributed by atoms with Crippen LogP contribution in [0.3, 0.4) is 0 Å². The molecule has 1 N–H and O–H groups in total. The number of phenolic OH excluding ortho intramolecular Hbond substituents is 1. The van der Waals surface area contributed by atoms with Gasteiger partial charge in [0, 0.05) is 17.2 Å². The molecule has 2 aromatic rings. The van der Waals surface area contributed by atoms with Gasteiger partial charge in [0.15, 0.2) is 17.3 Å². The molecule has 226 valence electrons. The van der Waals surface area contributed by atoms with Gasteiger partial charge >= 0.3 is 0 Å². The van der Waals surface area contributed by atoms with Crippen molar-refractivity contribution in [3.05, 3.63) is 69.8 Å². The number of phenols is 1. The van der Waals surface area contributed by atoms with Gasteiger partial charge in [-0.25, -0.2) is 4.99 Å². The third-order valence-electron chi connectivity index (χ3n) is 7.86. The molecule has 1 aliphatic carbocycles. The summed E-state index contributed by atoms with van der Waals surface area (Å²) < 4.78 is 11.9. The Morgan fingerprint density at radius 2 is 1.14 bits per heavy atom. The molecular formula is C37H49NO4. The lowest BCUT2D eigenvalue weighted by atomic mass is 9.72. The largest absolute Gasteiger partial charge is 0.507 e. The summed E-state index contributed by atoms with van der Waals surface area (Å²) in [5, 5.41) is 11.3. The molecule has 42 heavy (non-hydrogen) atoms. The Hall–Kier alpha value is -3.34. The number of aliphatic imine (C=N–C) groups is 1. The van der Waals surface area contributed by atoms with Gasteiger partial charge in [-0.1, -0.05) is 95.2 Å². The predicted octanol–water partition coefficient (Wildman–Crippen LogP) is 8.95. The lowest BCUT2D eigenvalue weighted by Crippen LogP contribution is -2.29. The summed E-state index contributed by atoms with van der Waals surface area (Å²) in [5.74, 6) is 1.84. The van der Waals surface area contributed by atoms with Crippen molar-refractivity contribution in [3.8, 4) is 17.2 Å². The van der Waals surface area contributed by atoms with Gasteiger partial charge in [0.2, 0.25) is 0 Å². The van der Waals surface area contributed by atoms with Gasteiger partial charge in [-0.3, -0.25) is 4.79 Å². The quantitative estimate of drug-likeness (QED) is 0.373. The number of ketones is 1. The van der Waals surface area contributed by atoms with Crippen LogP contribution in [0.15, 0.2) is 52.6 Å². The van der Waals surface area contributed by atoms with Crippen molar-refractivity contribution in [1.82, 2.24) is 0 Å². The maximum atomic E-state index is 13.5. The molecule has 2 aliphatic rings. The second-order valence-electron chi connectivity index (χ2n) is 15.8. The Balaban J connectivity index is 1.93. The molecule has 0 radical (unpaired) electrons. The fraction of sp³-hybridized carbons (Fsp3) is 0.514. The number of nitrogens with zero attached hydrogens (tertiary/aromatic N) is 1. The highest BCUT2D eigenvalue weighted by molar-refractivity contribution is 6.23. The maximum Gasteiger partial charge on any atom is 0.186 e. The van der Waals surface area contributed by atoms with E-state index in [9.17, 15) is 9.90 Å². The summed E-state index contributed by atoms with van der Waals surface area (Å²) in [7, 11) is 0. The van der Waals surface area contributed by atoms with E-state index in [1.165, 1.54) is 0 Å². The maximum absolute atomic E-state index is 13.5. The summed E-state index contributed by atoms with van der Waals surface area (Å²) in [5.41, 5.74) is 5.88. The summed E-state index contributed by atoms with van der Waals surface area (Å²) in [6.07, 6.45) is 4.47. The number of carbonyl (C=O) groups is 1. The minimum Gasteiger partial charge on any atom is -0.507 e. The SMILES string of the molecule is CC(C)(C)C1=CC(=Nc2cc3c(cc2Cc2cc(C(C)(C)C)c(O)c(C(C)(C)C)c2)OCCO3)C=C(C(C)(C)C)C1=O. The van der Waals surface area contributed by atoms with Crippen LogP contribution in [0, 0.1) is 10.8 Å². The number of ether oxygens (including phenoxy) is 2. The van der Waals surface area contributed by atoms with Gasteiger partial charge < -0.3 is 14.6 Å².